The molecule has 1 amide bonds. The van der Waals surface area contributed by atoms with E-state index in [9.17, 15) is 4.79 Å². The molecule has 0 radical (unpaired) electrons. The predicted octanol–water partition coefficient (Wildman–Crippen LogP) is 4.13. The van der Waals surface area contributed by atoms with Crippen LogP contribution in [0.5, 0.6) is 0 Å². The van der Waals surface area contributed by atoms with Crippen LogP contribution in [0.2, 0.25) is 0 Å². The third-order valence-electron chi connectivity index (χ3n) is 3.23. The number of benzene rings is 1. The molecule has 0 spiro atoms. The van der Waals surface area contributed by atoms with Crippen molar-refractivity contribution in [2.75, 3.05) is 12.3 Å². The van der Waals surface area contributed by atoms with Crippen molar-refractivity contribution in [2.45, 2.75) is 6.42 Å². The Bertz CT molecular complexity index is 767. The van der Waals surface area contributed by atoms with Crippen LogP contribution >= 0.6 is 35.3 Å². The Morgan fingerprint density at radius 2 is 2.00 bits per heavy atom. The molecule has 1 N–H and O–H groups in total. The SMILES string of the molecule is O=C(Cc1sc(-c2ccccc2)nc1-c1cccs1)NCCS. The zero-order valence-corrected chi connectivity index (χ0v) is 14.9. The summed E-state index contributed by atoms with van der Waals surface area (Å²) in [5, 5.41) is 5.85. The average molecular weight is 361 g/mol. The van der Waals surface area contributed by atoms with Gasteiger partial charge >= 0.3 is 0 Å². The molecule has 1 aromatic carbocycles. The minimum Gasteiger partial charge on any atom is -0.355 e. The molecule has 0 fully saturated rings. The van der Waals surface area contributed by atoms with Crippen molar-refractivity contribution in [3.63, 3.8) is 0 Å². The second-order valence-electron chi connectivity index (χ2n) is 4.88. The zero-order chi connectivity index (χ0) is 16.1. The number of carbonyl (C=O) groups is 1. The first-order valence-electron chi connectivity index (χ1n) is 7.24. The highest BCUT2D eigenvalue weighted by Crippen LogP contribution is 2.36. The summed E-state index contributed by atoms with van der Waals surface area (Å²) in [7, 11) is 0. The van der Waals surface area contributed by atoms with Crippen LogP contribution in [0.25, 0.3) is 21.1 Å². The molecule has 3 nitrogen and oxygen atoms in total. The Hall–Kier alpha value is -1.63. The second kappa shape index (κ2) is 7.77. The molecule has 3 aromatic rings. The molecule has 2 heterocycles. The lowest BCUT2D eigenvalue weighted by Crippen LogP contribution is -2.26. The van der Waals surface area contributed by atoms with Crippen molar-refractivity contribution in [3.8, 4) is 21.1 Å². The van der Waals surface area contributed by atoms with Crippen molar-refractivity contribution < 1.29 is 4.79 Å². The molecule has 0 unspecified atom stereocenters. The van der Waals surface area contributed by atoms with E-state index in [0.29, 0.717) is 18.7 Å². The van der Waals surface area contributed by atoms with Gasteiger partial charge in [0.2, 0.25) is 5.91 Å². The van der Waals surface area contributed by atoms with Gasteiger partial charge in [-0.25, -0.2) is 4.98 Å². The summed E-state index contributed by atoms with van der Waals surface area (Å²) in [6.45, 7) is 0.584. The lowest BCUT2D eigenvalue weighted by atomic mass is 10.2. The monoisotopic (exact) mass is 360 g/mol. The Morgan fingerprint density at radius 3 is 2.70 bits per heavy atom. The highest BCUT2D eigenvalue weighted by Gasteiger charge is 2.17. The third-order valence-corrected chi connectivity index (χ3v) is 5.43. The van der Waals surface area contributed by atoms with E-state index in [4.69, 9.17) is 4.98 Å². The highest BCUT2D eigenvalue weighted by atomic mass is 32.1. The van der Waals surface area contributed by atoms with Crippen LogP contribution in [0.15, 0.2) is 47.8 Å². The van der Waals surface area contributed by atoms with E-state index >= 15 is 0 Å². The van der Waals surface area contributed by atoms with Crippen LogP contribution in [-0.4, -0.2) is 23.2 Å². The molecule has 0 aliphatic heterocycles. The van der Waals surface area contributed by atoms with E-state index in [1.165, 1.54) is 0 Å². The van der Waals surface area contributed by atoms with Gasteiger partial charge in [0.1, 0.15) is 5.01 Å². The molecule has 0 saturated heterocycles. The van der Waals surface area contributed by atoms with Crippen LogP contribution in [0, 0.1) is 0 Å². The highest BCUT2D eigenvalue weighted by molar-refractivity contribution is 7.80. The van der Waals surface area contributed by atoms with Crippen molar-refractivity contribution >= 4 is 41.2 Å². The molecule has 6 heteroatoms. The first-order valence-corrected chi connectivity index (χ1v) is 9.57. The normalized spacial score (nSPS) is 10.7. The van der Waals surface area contributed by atoms with Gasteiger partial charge in [0, 0.05) is 22.7 Å². The molecular formula is C17H16N2OS3. The van der Waals surface area contributed by atoms with Crippen LogP contribution < -0.4 is 5.32 Å². The van der Waals surface area contributed by atoms with Gasteiger partial charge in [-0.3, -0.25) is 4.79 Å². The number of amides is 1. The summed E-state index contributed by atoms with van der Waals surface area (Å²) in [5.74, 6) is 0.654. The number of thiazole rings is 1. The fourth-order valence-electron chi connectivity index (χ4n) is 2.19. The Morgan fingerprint density at radius 1 is 1.17 bits per heavy atom. The Kier molecular flexibility index (Phi) is 5.48. The maximum absolute atomic E-state index is 12.1. The number of nitrogens with one attached hydrogen (secondary N) is 1. The van der Waals surface area contributed by atoms with Crippen LogP contribution in [0.1, 0.15) is 4.88 Å². The molecule has 0 atom stereocenters. The molecule has 3 rings (SSSR count). The summed E-state index contributed by atoms with van der Waals surface area (Å²) >= 11 is 7.35. The van der Waals surface area contributed by atoms with E-state index in [2.05, 4.69) is 17.9 Å². The summed E-state index contributed by atoms with van der Waals surface area (Å²) in [6, 6.07) is 14.1. The van der Waals surface area contributed by atoms with Crippen LogP contribution in [0.3, 0.4) is 0 Å². The van der Waals surface area contributed by atoms with Crippen molar-refractivity contribution in [2.24, 2.45) is 0 Å². The lowest BCUT2D eigenvalue weighted by molar-refractivity contribution is -0.120. The zero-order valence-electron chi connectivity index (χ0n) is 12.4. The van der Waals surface area contributed by atoms with Crippen LogP contribution in [0.4, 0.5) is 0 Å². The third kappa shape index (κ3) is 4.02. The average Bonchev–Trinajstić information content (AvgIpc) is 3.23. The first kappa shape index (κ1) is 16.2. The minimum absolute atomic E-state index is 0.0140. The fraction of sp³-hybridized carbons (Fsp3) is 0.176. The number of nitrogens with zero attached hydrogens (tertiary/aromatic N) is 1. The number of carbonyl (C=O) groups excluding carboxylic acids is 1. The number of thiol groups is 1. The van der Waals surface area contributed by atoms with Gasteiger partial charge in [-0.2, -0.15) is 12.6 Å². The quantitative estimate of drug-likeness (QED) is 0.649. The van der Waals surface area contributed by atoms with E-state index < -0.39 is 0 Å². The van der Waals surface area contributed by atoms with Crippen molar-refractivity contribution in [1.29, 1.82) is 0 Å². The second-order valence-corrected chi connectivity index (χ2v) is 7.36. The van der Waals surface area contributed by atoms with E-state index in [1.807, 2.05) is 47.8 Å². The van der Waals surface area contributed by atoms with Crippen LogP contribution in [-0.2, 0) is 11.2 Å². The van der Waals surface area contributed by atoms with Gasteiger partial charge < -0.3 is 5.32 Å². The minimum atomic E-state index is 0.0140. The van der Waals surface area contributed by atoms with Gasteiger partial charge in [-0.15, -0.1) is 22.7 Å². The Balaban J connectivity index is 1.93. The lowest BCUT2D eigenvalue weighted by Gasteiger charge is -2.02. The molecule has 0 aliphatic carbocycles. The van der Waals surface area contributed by atoms with Crippen molar-refractivity contribution in [3.05, 3.63) is 52.7 Å². The molecule has 118 valence electrons. The summed E-state index contributed by atoms with van der Waals surface area (Å²) in [4.78, 5) is 19.0. The number of hydrogen-bond acceptors (Lipinski definition) is 5. The summed E-state index contributed by atoms with van der Waals surface area (Å²) in [5.41, 5.74) is 2.00. The molecule has 23 heavy (non-hydrogen) atoms. The summed E-state index contributed by atoms with van der Waals surface area (Å²) in [6.07, 6.45) is 0.353. The largest absolute Gasteiger partial charge is 0.355 e. The standard InChI is InChI=1S/C17H16N2OS3/c20-15(18-8-9-21)11-14-16(13-7-4-10-22-13)19-17(23-14)12-5-2-1-3-6-12/h1-7,10,21H,8-9,11H2,(H,18,20). The Labute approximate surface area is 148 Å². The van der Waals surface area contributed by atoms with Gasteiger partial charge in [0.25, 0.3) is 0 Å². The first-order chi connectivity index (χ1) is 11.3. The molecule has 0 saturated carbocycles. The molecule has 0 aliphatic rings. The summed E-state index contributed by atoms with van der Waals surface area (Å²) < 4.78 is 0. The number of hydrogen-bond donors (Lipinski definition) is 2. The van der Waals surface area contributed by atoms with Crippen molar-refractivity contribution in [1.82, 2.24) is 10.3 Å². The van der Waals surface area contributed by atoms with E-state index in [1.54, 1.807) is 22.7 Å². The fourth-order valence-corrected chi connectivity index (χ4v) is 4.18. The smallest absolute Gasteiger partial charge is 0.225 e. The molecule has 0 bridgehead atoms. The number of aromatic nitrogens is 1. The van der Waals surface area contributed by atoms with Gasteiger partial charge in [0.15, 0.2) is 0 Å². The van der Waals surface area contributed by atoms with E-state index in [0.717, 1.165) is 26.0 Å². The van der Waals surface area contributed by atoms with Gasteiger partial charge in [0.05, 0.1) is 17.0 Å². The number of rotatable bonds is 6. The maximum Gasteiger partial charge on any atom is 0.225 e. The maximum atomic E-state index is 12.1. The topological polar surface area (TPSA) is 42.0 Å². The van der Waals surface area contributed by atoms with Gasteiger partial charge in [-0.05, 0) is 11.4 Å². The number of thiophene rings is 1. The molecular weight excluding hydrogens is 344 g/mol. The van der Waals surface area contributed by atoms with E-state index in [-0.39, 0.29) is 5.91 Å². The predicted molar refractivity (Wildman–Crippen MR) is 101 cm³/mol. The van der Waals surface area contributed by atoms with Gasteiger partial charge in [-0.1, -0.05) is 36.4 Å². The molecule has 2 aromatic heterocycles.